The minimum absolute atomic E-state index is 0.00629. The number of aliphatic carboxylic acids is 1. The van der Waals surface area contributed by atoms with Gasteiger partial charge in [0.1, 0.15) is 6.54 Å². The van der Waals surface area contributed by atoms with Crippen LogP contribution in [-0.4, -0.2) is 38.6 Å². The summed E-state index contributed by atoms with van der Waals surface area (Å²) in [6.07, 6.45) is 1.43. The van der Waals surface area contributed by atoms with Crippen molar-refractivity contribution in [2.75, 3.05) is 6.61 Å². The lowest BCUT2D eigenvalue weighted by Crippen LogP contribution is -2.12. The van der Waals surface area contributed by atoms with Gasteiger partial charge in [-0.25, -0.2) is 4.68 Å². The van der Waals surface area contributed by atoms with Gasteiger partial charge in [0.15, 0.2) is 0 Å². The lowest BCUT2D eigenvalue weighted by atomic mass is 10.2. The Kier molecular flexibility index (Phi) is 4.62. The van der Waals surface area contributed by atoms with Crippen LogP contribution in [0.15, 0.2) is 6.20 Å². The highest BCUT2D eigenvalue weighted by molar-refractivity contribution is 5.71. The molecule has 0 aliphatic heterocycles. The summed E-state index contributed by atoms with van der Waals surface area (Å²) in [6.45, 7) is 3.98. The zero-order chi connectivity index (χ0) is 12.8. The smallest absolute Gasteiger partial charge is 0.325 e. The van der Waals surface area contributed by atoms with Crippen molar-refractivity contribution in [2.24, 2.45) is 5.92 Å². The van der Waals surface area contributed by atoms with E-state index in [-0.39, 0.29) is 24.9 Å². The van der Waals surface area contributed by atoms with E-state index in [0.29, 0.717) is 12.3 Å². The third kappa shape index (κ3) is 5.10. The number of aromatic nitrogens is 3. The summed E-state index contributed by atoms with van der Waals surface area (Å²) in [5, 5.41) is 15.8. The lowest BCUT2D eigenvalue weighted by Gasteiger charge is -2.05. The topological polar surface area (TPSA) is 94.3 Å². The molecule has 0 atom stereocenters. The van der Waals surface area contributed by atoms with Crippen LogP contribution in [-0.2, 0) is 27.3 Å². The van der Waals surface area contributed by atoms with Crippen molar-refractivity contribution in [1.82, 2.24) is 15.0 Å². The second-order valence-electron chi connectivity index (χ2n) is 4.05. The Labute approximate surface area is 98.4 Å². The molecule has 0 spiro atoms. The Hall–Kier alpha value is -1.92. The average molecular weight is 241 g/mol. The molecule has 0 unspecified atom stereocenters. The molecule has 0 amide bonds. The van der Waals surface area contributed by atoms with Crippen molar-refractivity contribution in [3.63, 3.8) is 0 Å². The first kappa shape index (κ1) is 13.1. The van der Waals surface area contributed by atoms with E-state index in [1.165, 1.54) is 6.20 Å². The summed E-state index contributed by atoms with van der Waals surface area (Å²) >= 11 is 0. The molecule has 0 saturated carbocycles. The highest BCUT2D eigenvalue weighted by Crippen LogP contribution is 1.99. The first-order chi connectivity index (χ1) is 7.97. The van der Waals surface area contributed by atoms with Gasteiger partial charge >= 0.3 is 11.9 Å². The summed E-state index contributed by atoms with van der Waals surface area (Å²) in [6, 6.07) is 0. The number of nitrogens with zero attached hydrogens (tertiary/aromatic N) is 3. The molecule has 0 bridgehead atoms. The summed E-state index contributed by atoms with van der Waals surface area (Å²) in [5.41, 5.74) is 0.403. The third-order valence-corrected chi connectivity index (χ3v) is 1.79. The van der Waals surface area contributed by atoms with Crippen LogP contribution >= 0.6 is 0 Å². The van der Waals surface area contributed by atoms with Crippen molar-refractivity contribution in [1.29, 1.82) is 0 Å². The average Bonchev–Trinajstić information content (AvgIpc) is 2.61. The molecule has 0 aliphatic rings. The molecule has 0 saturated heterocycles. The number of hydrogen-bond acceptors (Lipinski definition) is 5. The van der Waals surface area contributed by atoms with E-state index in [1.54, 1.807) is 0 Å². The maximum absolute atomic E-state index is 11.3. The van der Waals surface area contributed by atoms with Crippen LogP contribution in [0.5, 0.6) is 0 Å². The monoisotopic (exact) mass is 241 g/mol. The van der Waals surface area contributed by atoms with Gasteiger partial charge in [-0.3, -0.25) is 9.59 Å². The summed E-state index contributed by atoms with van der Waals surface area (Å²) < 4.78 is 6.13. The van der Waals surface area contributed by atoms with E-state index in [0.717, 1.165) is 4.68 Å². The summed E-state index contributed by atoms with van der Waals surface area (Å²) in [7, 11) is 0. The zero-order valence-corrected chi connectivity index (χ0v) is 9.79. The first-order valence-electron chi connectivity index (χ1n) is 5.23. The quantitative estimate of drug-likeness (QED) is 0.710. The van der Waals surface area contributed by atoms with E-state index in [2.05, 4.69) is 10.3 Å². The number of ether oxygens (including phenoxy) is 1. The van der Waals surface area contributed by atoms with Gasteiger partial charge in [0.25, 0.3) is 0 Å². The van der Waals surface area contributed by atoms with Gasteiger partial charge in [-0.05, 0) is 5.92 Å². The highest BCUT2D eigenvalue weighted by atomic mass is 16.5. The molecule has 17 heavy (non-hydrogen) atoms. The van der Waals surface area contributed by atoms with E-state index in [4.69, 9.17) is 9.84 Å². The van der Waals surface area contributed by atoms with Crippen LogP contribution in [0.25, 0.3) is 0 Å². The number of carboxylic acids is 1. The van der Waals surface area contributed by atoms with Crippen molar-refractivity contribution < 1.29 is 19.4 Å². The molecule has 0 aromatic carbocycles. The minimum atomic E-state index is -1.01. The third-order valence-electron chi connectivity index (χ3n) is 1.79. The van der Waals surface area contributed by atoms with Crippen LogP contribution in [0.2, 0.25) is 0 Å². The Bertz CT molecular complexity index is 400. The van der Waals surface area contributed by atoms with Crippen LogP contribution in [0.3, 0.4) is 0 Å². The lowest BCUT2D eigenvalue weighted by molar-refractivity contribution is -0.144. The van der Waals surface area contributed by atoms with Crippen molar-refractivity contribution in [3.8, 4) is 0 Å². The van der Waals surface area contributed by atoms with Crippen LogP contribution in [0.1, 0.15) is 19.5 Å². The summed E-state index contributed by atoms with van der Waals surface area (Å²) in [5.74, 6) is -1.12. The van der Waals surface area contributed by atoms with Crippen LogP contribution in [0, 0.1) is 5.92 Å². The molecular formula is C10H15N3O4. The van der Waals surface area contributed by atoms with Crippen molar-refractivity contribution in [2.45, 2.75) is 26.8 Å². The molecule has 94 valence electrons. The number of esters is 1. The van der Waals surface area contributed by atoms with E-state index < -0.39 is 5.97 Å². The molecule has 7 heteroatoms. The Morgan fingerprint density at radius 3 is 2.82 bits per heavy atom. The zero-order valence-electron chi connectivity index (χ0n) is 9.79. The highest BCUT2D eigenvalue weighted by Gasteiger charge is 2.10. The first-order valence-corrected chi connectivity index (χ1v) is 5.23. The van der Waals surface area contributed by atoms with Crippen molar-refractivity contribution >= 4 is 11.9 Å². The molecule has 1 aromatic heterocycles. The fourth-order valence-electron chi connectivity index (χ4n) is 1.09. The number of rotatable bonds is 6. The normalized spacial score (nSPS) is 10.5. The Morgan fingerprint density at radius 1 is 1.53 bits per heavy atom. The van der Waals surface area contributed by atoms with Gasteiger partial charge in [-0.15, -0.1) is 5.10 Å². The standard InChI is InChI=1S/C10H15N3O4/c1-7(2)6-17-10(16)3-8-4-13(12-11-8)5-9(14)15/h4,7H,3,5-6H2,1-2H3,(H,14,15). The number of hydrogen-bond donors (Lipinski definition) is 1. The predicted molar refractivity (Wildman–Crippen MR) is 57.2 cm³/mol. The van der Waals surface area contributed by atoms with Crippen LogP contribution < -0.4 is 0 Å². The maximum Gasteiger partial charge on any atom is 0.325 e. The molecule has 1 heterocycles. The van der Waals surface area contributed by atoms with E-state index >= 15 is 0 Å². The van der Waals surface area contributed by atoms with Crippen molar-refractivity contribution in [3.05, 3.63) is 11.9 Å². The molecule has 7 nitrogen and oxygen atoms in total. The van der Waals surface area contributed by atoms with Gasteiger partial charge in [0, 0.05) is 6.20 Å². The Balaban J connectivity index is 2.43. The van der Waals surface area contributed by atoms with Gasteiger partial charge in [0.2, 0.25) is 0 Å². The van der Waals surface area contributed by atoms with E-state index in [9.17, 15) is 9.59 Å². The molecular weight excluding hydrogens is 226 g/mol. The molecule has 0 aliphatic carbocycles. The van der Waals surface area contributed by atoms with Crippen LogP contribution in [0.4, 0.5) is 0 Å². The van der Waals surface area contributed by atoms with Gasteiger partial charge in [-0.2, -0.15) is 0 Å². The van der Waals surface area contributed by atoms with E-state index in [1.807, 2.05) is 13.8 Å². The predicted octanol–water partition coefficient (Wildman–Crippen LogP) is 0.104. The SMILES string of the molecule is CC(C)COC(=O)Cc1cn(CC(=O)O)nn1. The van der Waals surface area contributed by atoms with Gasteiger partial charge in [-0.1, -0.05) is 19.1 Å². The fraction of sp³-hybridized carbons (Fsp3) is 0.600. The minimum Gasteiger partial charge on any atom is -0.480 e. The summed E-state index contributed by atoms with van der Waals surface area (Å²) in [4.78, 5) is 21.7. The second-order valence-corrected chi connectivity index (χ2v) is 4.05. The number of carboxylic acid groups (broad SMARTS) is 1. The number of carbonyl (C=O) groups excluding carboxylic acids is 1. The second kappa shape index (κ2) is 5.97. The Morgan fingerprint density at radius 2 is 2.24 bits per heavy atom. The molecule has 0 radical (unpaired) electrons. The molecule has 1 rings (SSSR count). The molecule has 1 N–H and O–H groups in total. The molecule has 1 aromatic rings. The maximum atomic E-state index is 11.3. The van der Waals surface area contributed by atoms with Gasteiger partial charge < -0.3 is 9.84 Å². The fourth-order valence-corrected chi connectivity index (χ4v) is 1.09. The number of carbonyl (C=O) groups is 2. The van der Waals surface area contributed by atoms with Gasteiger partial charge in [0.05, 0.1) is 18.7 Å². The molecule has 0 fully saturated rings. The largest absolute Gasteiger partial charge is 0.480 e.